The molecule has 0 aliphatic carbocycles. The number of hydrogen-bond donors (Lipinski definition) is 3. The molecule has 0 bridgehead atoms. The molecule has 0 unspecified atom stereocenters. The number of nitrogens with two attached hydrogens (primary N) is 1. The van der Waals surface area contributed by atoms with Gasteiger partial charge in [-0.2, -0.15) is 0 Å². The summed E-state index contributed by atoms with van der Waals surface area (Å²) in [5, 5.41) is 3.51. The molecule has 1 heterocycles. The summed E-state index contributed by atoms with van der Waals surface area (Å²) in [4.78, 5) is 26.8. The molecular formula is C17H15N3O2. The molecule has 0 aliphatic heterocycles. The molecule has 3 aromatic rings. The zero-order valence-corrected chi connectivity index (χ0v) is 11.8. The number of carbonyl (C=O) groups is 1. The summed E-state index contributed by atoms with van der Waals surface area (Å²) < 4.78 is 0. The highest BCUT2D eigenvalue weighted by molar-refractivity contribution is 6.05. The topological polar surface area (TPSA) is 88.0 Å². The SMILES string of the molecule is Nc1ccccc1CNC(=O)c1cc(=O)[nH]c2ccccc12. The van der Waals surface area contributed by atoms with Crippen LogP contribution in [0.1, 0.15) is 15.9 Å². The Labute approximate surface area is 126 Å². The average Bonchev–Trinajstić information content (AvgIpc) is 2.53. The molecule has 0 aliphatic rings. The van der Waals surface area contributed by atoms with Crippen molar-refractivity contribution in [2.75, 3.05) is 5.73 Å². The molecule has 0 radical (unpaired) electrons. The van der Waals surface area contributed by atoms with E-state index in [4.69, 9.17) is 5.73 Å². The van der Waals surface area contributed by atoms with E-state index >= 15 is 0 Å². The van der Waals surface area contributed by atoms with Gasteiger partial charge in [0, 0.05) is 29.2 Å². The summed E-state index contributed by atoms with van der Waals surface area (Å²) >= 11 is 0. The Morgan fingerprint density at radius 3 is 2.64 bits per heavy atom. The summed E-state index contributed by atoms with van der Waals surface area (Å²) in [6.07, 6.45) is 0. The fraction of sp³-hybridized carbons (Fsp3) is 0.0588. The summed E-state index contributed by atoms with van der Waals surface area (Å²) in [6, 6.07) is 15.9. The van der Waals surface area contributed by atoms with E-state index in [1.165, 1.54) is 6.07 Å². The Hall–Kier alpha value is -3.08. The maximum absolute atomic E-state index is 12.4. The third-order valence-corrected chi connectivity index (χ3v) is 3.49. The molecule has 5 heteroatoms. The maximum atomic E-state index is 12.4. The molecule has 0 atom stereocenters. The molecule has 0 saturated heterocycles. The maximum Gasteiger partial charge on any atom is 0.252 e. The number of carbonyl (C=O) groups excluding carboxylic acids is 1. The number of nitrogens with one attached hydrogen (secondary N) is 2. The summed E-state index contributed by atoms with van der Waals surface area (Å²) in [7, 11) is 0. The van der Waals surface area contributed by atoms with Gasteiger partial charge in [0.05, 0.1) is 5.56 Å². The van der Waals surface area contributed by atoms with Crippen LogP contribution in [-0.4, -0.2) is 10.9 Å². The highest BCUT2D eigenvalue weighted by atomic mass is 16.2. The second kappa shape index (κ2) is 5.73. The number of rotatable bonds is 3. The van der Waals surface area contributed by atoms with Crippen molar-refractivity contribution in [2.24, 2.45) is 0 Å². The number of H-pyrrole nitrogens is 1. The lowest BCUT2D eigenvalue weighted by molar-refractivity contribution is 0.0952. The summed E-state index contributed by atoms with van der Waals surface area (Å²) in [5.74, 6) is -0.300. The first-order valence-electron chi connectivity index (χ1n) is 6.89. The second-order valence-corrected chi connectivity index (χ2v) is 4.97. The lowest BCUT2D eigenvalue weighted by Crippen LogP contribution is -2.25. The fourth-order valence-electron chi connectivity index (χ4n) is 2.36. The van der Waals surface area contributed by atoms with E-state index < -0.39 is 0 Å². The van der Waals surface area contributed by atoms with E-state index in [0.29, 0.717) is 28.7 Å². The highest BCUT2D eigenvalue weighted by Gasteiger charge is 2.11. The predicted octanol–water partition coefficient (Wildman–Crippen LogP) is 2.04. The number of aromatic amines is 1. The van der Waals surface area contributed by atoms with Gasteiger partial charge >= 0.3 is 0 Å². The van der Waals surface area contributed by atoms with Crippen LogP contribution < -0.4 is 16.6 Å². The Kier molecular flexibility index (Phi) is 3.62. The number of benzene rings is 2. The van der Waals surface area contributed by atoms with E-state index in [-0.39, 0.29) is 11.5 Å². The number of hydrogen-bond acceptors (Lipinski definition) is 3. The molecule has 110 valence electrons. The number of pyridine rings is 1. The van der Waals surface area contributed by atoms with E-state index in [9.17, 15) is 9.59 Å². The normalized spacial score (nSPS) is 10.5. The lowest BCUT2D eigenvalue weighted by Gasteiger charge is -2.09. The third-order valence-electron chi connectivity index (χ3n) is 3.49. The standard InChI is InChI=1S/C17H15N3O2/c18-14-7-3-1-5-11(14)10-19-17(22)13-9-16(21)20-15-8-4-2-6-12(13)15/h1-9H,10,18H2,(H,19,22)(H,20,21). The Morgan fingerprint density at radius 2 is 1.82 bits per heavy atom. The Balaban J connectivity index is 1.90. The minimum Gasteiger partial charge on any atom is -0.398 e. The van der Waals surface area contributed by atoms with Gasteiger partial charge in [0.2, 0.25) is 5.56 Å². The van der Waals surface area contributed by atoms with E-state index in [1.54, 1.807) is 18.2 Å². The first-order valence-corrected chi connectivity index (χ1v) is 6.89. The van der Waals surface area contributed by atoms with Crippen LogP contribution in [0.15, 0.2) is 59.4 Å². The molecule has 5 nitrogen and oxygen atoms in total. The van der Waals surface area contributed by atoms with E-state index in [1.807, 2.05) is 30.3 Å². The Morgan fingerprint density at radius 1 is 1.09 bits per heavy atom. The van der Waals surface area contributed by atoms with Crippen molar-refractivity contribution in [1.29, 1.82) is 0 Å². The molecule has 0 fully saturated rings. The average molecular weight is 293 g/mol. The molecule has 0 spiro atoms. The van der Waals surface area contributed by atoms with E-state index in [2.05, 4.69) is 10.3 Å². The summed E-state index contributed by atoms with van der Waals surface area (Å²) in [6.45, 7) is 0.312. The molecule has 2 aromatic carbocycles. The zero-order chi connectivity index (χ0) is 15.5. The number of para-hydroxylation sites is 2. The second-order valence-electron chi connectivity index (χ2n) is 4.97. The molecule has 22 heavy (non-hydrogen) atoms. The molecule has 1 aromatic heterocycles. The van der Waals surface area contributed by atoms with Gasteiger partial charge in [0.15, 0.2) is 0 Å². The van der Waals surface area contributed by atoms with Gasteiger partial charge in [-0.15, -0.1) is 0 Å². The molecule has 3 rings (SSSR count). The highest BCUT2D eigenvalue weighted by Crippen LogP contribution is 2.15. The van der Waals surface area contributed by atoms with Gasteiger partial charge in [0.25, 0.3) is 5.91 Å². The monoisotopic (exact) mass is 293 g/mol. The zero-order valence-electron chi connectivity index (χ0n) is 11.8. The predicted molar refractivity (Wildman–Crippen MR) is 86.6 cm³/mol. The molecule has 4 N–H and O–H groups in total. The number of fused-ring (bicyclic) bond motifs is 1. The van der Waals surface area contributed by atoms with Gasteiger partial charge < -0.3 is 16.0 Å². The van der Waals surface area contributed by atoms with Crippen LogP contribution in [0.4, 0.5) is 5.69 Å². The fourth-order valence-corrected chi connectivity index (χ4v) is 2.36. The minimum absolute atomic E-state index is 0.300. The van der Waals surface area contributed by atoms with Crippen LogP contribution in [0.3, 0.4) is 0 Å². The van der Waals surface area contributed by atoms with Crippen LogP contribution in [0, 0.1) is 0 Å². The van der Waals surface area contributed by atoms with Crippen molar-refractivity contribution in [3.63, 3.8) is 0 Å². The largest absolute Gasteiger partial charge is 0.398 e. The van der Waals surface area contributed by atoms with Crippen molar-refractivity contribution in [1.82, 2.24) is 10.3 Å². The first kappa shape index (κ1) is 13.9. The van der Waals surface area contributed by atoms with Gasteiger partial charge in [-0.3, -0.25) is 9.59 Å². The van der Waals surface area contributed by atoms with Gasteiger partial charge in [0.1, 0.15) is 0 Å². The van der Waals surface area contributed by atoms with Gasteiger partial charge in [-0.05, 0) is 17.7 Å². The van der Waals surface area contributed by atoms with Crippen LogP contribution >= 0.6 is 0 Å². The van der Waals surface area contributed by atoms with Crippen LogP contribution in [0.5, 0.6) is 0 Å². The smallest absolute Gasteiger partial charge is 0.252 e. The van der Waals surface area contributed by atoms with Gasteiger partial charge in [-0.1, -0.05) is 36.4 Å². The van der Waals surface area contributed by atoms with Crippen LogP contribution in [-0.2, 0) is 6.54 Å². The molecule has 0 saturated carbocycles. The number of nitrogen functional groups attached to an aromatic ring is 1. The van der Waals surface area contributed by atoms with Crippen molar-refractivity contribution in [3.8, 4) is 0 Å². The molecular weight excluding hydrogens is 278 g/mol. The van der Waals surface area contributed by atoms with E-state index in [0.717, 1.165) is 5.56 Å². The van der Waals surface area contributed by atoms with Crippen molar-refractivity contribution in [3.05, 3.63) is 76.1 Å². The number of anilines is 1. The Bertz CT molecular complexity index is 900. The summed E-state index contributed by atoms with van der Waals surface area (Å²) in [5.41, 5.74) is 8.01. The van der Waals surface area contributed by atoms with Crippen LogP contribution in [0.25, 0.3) is 10.9 Å². The third kappa shape index (κ3) is 2.69. The van der Waals surface area contributed by atoms with Crippen molar-refractivity contribution in [2.45, 2.75) is 6.54 Å². The van der Waals surface area contributed by atoms with Crippen molar-refractivity contribution < 1.29 is 4.79 Å². The van der Waals surface area contributed by atoms with Crippen LogP contribution in [0.2, 0.25) is 0 Å². The lowest BCUT2D eigenvalue weighted by atomic mass is 10.1. The first-order chi connectivity index (χ1) is 10.6. The minimum atomic E-state index is -0.303. The number of amides is 1. The van der Waals surface area contributed by atoms with Crippen molar-refractivity contribution >= 4 is 22.5 Å². The number of aromatic nitrogens is 1. The molecule has 1 amide bonds. The van der Waals surface area contributed by atoms with Gasteiger partial charge in [-0.25, -0.2) is 0 Å². The quantitative estimate of drug-likeness (QED) is 0.646.